The molecule has 0 unspecified atom stereocenters. The number of ether oxygens (including phenoxy) is 1. The number of benzene rings is 2. The van der Waals surface area contributed by atoms with Crippen molar-refractivity contribution in [1.82, 2.24) is 9.80 Å². The van der Waals surface area contributed by atoms with Gasteiger partial charge in [-0.15, -0.1) is 11.3 Å². The van der Waals surface area contributed by atoms with Gasteiger partial charge in [0.2, 0.25) is 0 Å². The van der Waals surface area contributed by atoms with Crippen LogP contribution in [-0.2, 0) is 11.3 Å². The highest BCUT2D eigenvalue weighted by atomic mass is 35.5. The van der Waals surface area contributed by atoms with Crippen LogP contribution in [0.5, 0.6) is 5.75 Å². The molecule has 5 rings (SSSR count). The van der Waals surface area contributed by atoms with Gasteiger partial charge in [-0.1, -0.05) is 29.8 Å². The van der Waals surface area contributed by atoms with E-state index in [9.17, 15) is 9.59 Å². The lowest BCUT2D eigenvalue weighted by Gasteiger charge is -2.35. The van der Waals surface area contributed by atoms with Crippen LogP contribution in [0.2, 0.25) is 5.02 Å². The summed E-state index contributed by atoms with van der Waals surface area (Å²) in [7, 11) is 0. The molecule has 2 amide bonds. The molecule has 32 heavy (non-hydrogen) atoms. The molecule has 0 spiro atoms. The summed E-state index contributed by atoms with van der Waals surface area (Å²) in [5, 5.41) is 3.50. The van der Waals surface area contributed by atoms with Gasteiger partial charge in [0.05, 0.1) is 11.3 Å². The summed E-state index contributed by atoms with van der Waals surface area (Å²) in [5.74, 6) is 0.200. The van der Waals surface area contributed by atoms with Crippen LogP contribution in [0.4, 0.5) is 5.69 Å². The number of hydrogen-bond acceptors (Lipinski definition) is 5. The standard InChI is InChI=1S/C24H22ClN3O3S/c25-17-4-1-3-16(13-17)21-8-7-18(32-21)14-27-9-11-28(12-10-27)24(30)19-5-2-6-20-23(19)31-15-22(29)26-20/h1-8,13H,9-12,14-15H2,(H,26,29). The monoisotopic (exact) mass is 467 g/mol. The number of rotatable bonds is 4. The molecular weight excluding hydrogens is 446 g/mol. The number of nitrogens with zero attached hydrogens (tertiary/aromatic N) is 2. The van der Waals surface area contributed by atoms with Gasteiger partial charge in [-0.2, -0.15) is 0 Å². The van der Waals surface area contributed by atoms with Gasteiger partial charge in [-0.25, -0.2) is 0 Å². The molecule has 8 heteroatoms. The van der Waals surface area contributed by atoms with Gasteiger partial charge in [-0.3, -0.25) is 14.5 Å². The maximum atomic E-state index is 13.1. The summed E-state index contributed by atoms with van der Waals surface area (Å²) in [6.07, 6.45) is 0. The highest BCUT2D eigenvalue weighted by Crippen LogP contribution is 2.33. The molecule has 0 atom stereocenters. The Hall–Kier alpha value is -2.87. The van der Waals surface area contributed by atoms with Crippen molar-refractivity contribution in [1.29, 1.82) is 0 Å². The van der Waals surface area contributed by atoms with E-state index in [2.05, 4.69) is 28.4 Å². The zero-order valence-corrected chi connectivity index (χ0v) is 18.9. The molecule has 6 nitrogen and oxygen atoms in total. The van der Waals surface area contributed by atoms with E-state index in [0.717, 1.165) is 30.2 Å². The first-order valence-electron chi connectivity index (χ1n) is 10.5. The summed E-state index contributed by atoms with van der Waals surface area (Å²) in [4.78, 5) is 31.4. The van der Waals surface area contributed by atoms with Crippen LogP contribution < -0.4 is 10.1 Å². The molecule has 3 aromatic rings. The second kappa shape index (κ2) is 8.94. The molecule has 0 bridgehead atoms. The van der Waals surface area contributed by atoms with Gasteiger partial charge in [0.15, 0.2) is 12.4 Å². The molecule has 0 saturated carbocycles. The van der Waals surface area contributed by atoms with E-state index in [-0.39, 0.29) is 18.4 Å². The summed E-state index contributed by atoms with van der Waals surface area (Å²) < 4.78 is 5.55. The van der Waals surface area contributed by atoms with E-state index < -0.39 is 0 Å². The Bertz CT molecular complexity index is 1170. The summed E-state index contributed by atoms with van der Waals surface area (Å²) in [6.45, 7) is 3.72. The van der Waals surface area contributed by atoms with Gasteiger partial charge in [0.25, 0.3) is 11.8 Å². The molecule has 2 aliphatic heterocycles. The highest BCUT2D eigenvalue weighted by Gasteiger charge is 2.28. The molecule has 1 aromatic heterocycles. The van der Waals surface area contributed by atoms with Crippen LogP contribution >= 0.6 is 22.9 Å². The van der Waals surface area contributed by atoms with Crippen LogP contribution in [0.1, 0.15) is 15.2 Å². The number of fused-ring (bicyclic) bond motifs is 1. The van der Waals surface area contributed by atoms with Crippen LogP contribution in [0.3, 0.4) is 0 Å². The van der Waals surface area contributed by atoms with E-state index in [1.165, 1.54) is 9.75 Å². The van der Waals surface area contributed by atoms with E-state index in [1.54, 1.807) is 29.5 Å². The lowest BCUT2D eigenvalue weighted by molar-refractivity contribution is -0.118. The Balaban J connectivity index is 1.20. The molecule has 3 heterocycles. The van der Waals surface area contributed by atoms with Crippen molar-refractivity contribution in [3.8, 4) is 16.2 Å². The molecule has 1 saturated heterocycles. The number of amides is 2. The van der Waals surface area contributed by atoms with Crippen molar-refractivity contribution in [2.75, 3.05) is 38.1 Å². The molecule has 1 N–H and O–H groups in total. The third kappa shape index (κ3) is 4.37. The SMILES string of the molecule is O=C1COc2c(cccc2C(=O)N2CCN(Cc3ccc(-c4cccc(Cl)c4)s3)CC2)N1. The molecular formula is C24H22ClN3O3S. The number of halogens is 1. The second-order valence-electron chi connectivity index (χ2n) is 7.86. The third-order valence-electron chi connectivity index (χ3n) is 5.68. The lowest BCUT2D eigenvalue weighted by Crippen LogP contribution is -2.48. The minimum atomic E-state index is -0.206. The fourth-order valence-corrected chi connectivity index (χ4v) is 5.28. The number of thiophene rings is 1. The third-order valence-corrected chi connectivity index (χ3v) is 7.03. The van der Waals surface area contributed by atoms with Crippen LogP contribution in [0.15, 0.2) is 54.6 Å². The lowest BCUT2D eigenvalue weighted by atomic mass is 10.1. The van der Waals surface area contributed by atoms with Crippen LogP contribution in [0, 0.1) is 0 Å². The number of carbonyl (C=O) groups is 2. The van der Waals surface area contributed by atoms with Crippen molar-refractivity contribution in [2.24, 2.45) is 0 Å². The normalized spacial score (nSPS) is 16.3. The fourth-order valence-electron chi connectivity index (χ4n) is 4.04. The number of carbonyl (C=O) groups excluding carboxylic acids is 2. The van der Waals surface area contributed by atoms with Gasteiger partial charge in [-0.05, 0) is 42.0 Å². The molecule has 0 aliphatic carbocycles. The van der Waals surface area contributed by atoms with E-state index in [1.807, 2.05) is 23.1 Å². The minimum absolute atomic E-state index is 0.0583. The fraction of sp³-hybridized carbons (Fsp3) is 0.250. The first-order chi connectivity index (χ1) is 15.6. The summed E-state index contributed by atoms with van der Waals surface area (Å²) >= 11 is 7.90. The maximum Gasteiger partial charge on any atom is 0.262 e. The average Bonchev–Trinajstić information content (AvgIpc) is 3.27. The smallest absolute Gasteiger partial charge is 0.262 e. The van der Waals surface area contributed by atoms with Crippen LogP contribution in [-0.4, -0.2) is 54.4 Å². The van der Waals surface area contributed by atoms with Crippen molar-refractivity contribution >= 4 is 40.4 Å². The summed E-state index contributed by atoms with van der Waals surface area (Å²) in [5.41, 5.74) is 2.19. The Morgan fingerprint density at radius 2 is 1.88 bits per heavy atom. The molecule has 164 valence electrons. The zero-order valence-electron chi connectivity index (χ0n) is 17.3. The number of hydrogen-bond donors (Lipinski definition) is 1. The Labute approximate surface area is 195 Å². The molecule has 1 fully saturated rings. The van der Waals surface area contributed by atoms with Gasteiger partial charge in [0, 0.05) is 47.5 Å². The van der Waals surface area contributed by atoms with E-state index >= 15 is 0 Å². The Morgan fingerprint density at radius 1 is 1.06 bits per heavy atom. The average molecular weight is 468 g/mol. The molecule has 0 radical (unpaired) electrons. The minimum Gasteiger partial charge on any atom is -0.481 e. The number of nitrogens with one attached hydrogen (secondary N) is 1. The van der Waals surface area contributed by atoms with Crippen molar-refractivity contribution in [3.63, 3.8) is 0 Å². The second-order valence-corrected chi connectivity index (χ2v) is 9.47. The van der Waals surface area contributed by atoms with Gasteiger partial charge >= 0.3 is 0 Å². The molecule has 2 aliphatic rings. The predicted octanol–water partition coefficient (Wildman–Crippen LogP) is 4.36. The van der Waals surface area contributed by atoms with Gasteiger partial charge in [0.1, 0.15) is 0 Å². The number of anilines is 1. The molecule has 2 aromatic carbocycles. The first-order valence-corrected chi connectivity index (χ1v) is 11.7. The number of piperazine rings is 1. The van der Waals surface area contributed by atoms with E-state index in [0.29, 0.717) is 30.1 Å². The summed E-state index contributed by atoms with van der Waals surface area (Å²) in [6, 6.07) is 17.5. The quantitative estimate of drug-likeness (QED) is 0.619. The van der Waals surface area contributed by atoms with E-state index in [4.69, 9.17) is 16.3 Å². The zero-order chi connectivity index (χ0) is 22.1. The van der Waals surface area contributed by atoms with Gasteiger partial charge < -0.3 is 15.0 Å². The maximum absolute atomic E-state index is 13.1. The first kappa shape index (κ1) is 21.0. The Kier molecular flexibility index (Phi) is 5.87. The topological polar surface area (TPSA) is 61.9 Å². The van der Waals surface area contributed by atoms with Crippen LogP contribution in [0.25, 0.3) is 10.4 Å². The highest BCUT2D eigenvalue weighted by molar-refractivity contribution is 7.15. The van der Waals surface area contributed by atoms with Crippen molar-refractivity contribution in [3.05, 3.63) is 70.1 Å². The largest absolute Gasteiger partial charge is 0.481 e. The van der Waals surface area contributed by atoms with Crippen molar-refractivity contribution < 1.29 is 14.3 Å². The predicted molar refractivity (Wildman–Crippen MR) is 127 cm³/mol. The Morgan fingerprint density at radius 3 is 2.69 bits per heavy atom. The van der Waals surface area contributed by atoms with Crippen molar-refractivity contribution in [2.45, 2.75) is 6.54 Å². The number of para-hydroxylation sites is 1.